The molecule has 2 N–H and O–H groups in total. The van der Waals surface area contributed by atoms with Crippen molar-refractivity contribution in [1.29, 1.82) is 0 Å². The zero-order chi connectivity index (χ0) is 15.4. The molecule has 1 fully saturated rings. The Hall–Kier alpha value is -2.15. The first-order chi connectivity index (χ1) is 10.0. The Bertz CT molecular complexity index is 539. The van der Waals surface area contributed by atoms with Crippen LogP contribution in [-0.2, 0) is 0 Å². The minimum Gasteiger partial charge on any atom is -0.393 e. The number of carbonyl (C=O) groups is 1. The number of hydrogen-bond donors (Lipinski definition) is 1. The highest BCUT2D eigenvalue weighted by atomic mass is 16.6. The molecular weight excluding hydrogens is 272 g/mol. The van der Waals surface area contributed by atoms with Crippen LogP contribution in [0.4, 0.5) is 11.4 Å². The summed E-state index contributed by atoms with van der Waals surface area (Å²) in [7, 11) is 0. The van der Waals surface area contributed by atoms with Crippen LogP contribution in [0.5, 0.6) is 0 Å². The average molecular weight is 292 g/mol. The molecule has 7 heteroatoms. The van der Waals surface area contributed by atoms with Gasteiger partial charge in [-0.15, -0.1) is 0 Å². The highest BCUT2D eigenvalue weighted by Gasteiger charge is 2.23. The molecule has 114 valence electrons. The number of amides is 1. The van der Waals surface area contributed by atoms with Crippen molar-refractivity contribution in [2.75, 3.05) is 38.5 Å². The number of nitrogens with zero attached hydrogens (tertiary/aromatic N) is 3. The number of nitro benzene ring substituents is 1. The quantitative estimate of drug-likeness (QED) is 0.513. The van der Waals surface area contributed by atoms with E-state index in [0.717, 1.165) is 26.1 Å². The van der Waals surface area contributed by atoms with E-state index < -0.39 is 4.92 Å². The standard InChI is InChI=1S/C14H20N4O3/c1-2-5-16-6-8-17(9-7-16)14(19)11-3-4-12(15)13(10-11)18(20)21/h3-4,10H,2,5-9,15H2,1H3. The summed E-state index contributed by atoms with van der Waals surface area (Å²) in [4.78, 5) is 26.8. The third-order valence-corrected chi connectivity index (χ3v) is 3.67. The van der Waals surface area contributed by atoms with Crippen molar-refractivity contribution in [3.63, 3.8) is 0 Å². The molecule has 1 heterocycles. The molecule has 0 radical (unpaired) electrons. The maximum atomic E-state index is 12.4. The van der Waals surface area contributed by atoms with E-state index in [2.05, 4.69) is 11.8 Å². The Morgan fingerprint density at radius 1 is 1.33 bits per heavy atom. The fourth-order valence-electron chi connectivity index (χ4n) is 2.51. The molecule has 1 amide bonds. The number of nitrogens with two attached hydrogens (primary N) is 1. The molecule has 0 bridgehead atoms. The summed E-state index contributed by atoms with van der Waals surface area (Å²) in [5.74, 6) is -0.172. The van der Waals surface area contributed by atoms with E-state index in [0.29, 0.717) is 18.7 Å². The fraction of sp³-hybridized carbons (Fsp3) is 0.500. The SMILES string of the molecule is CCCN1CCN(C(=O)c2ccc(N)c([N+](=O)[O-])c2)CC1. The third-order valence-electron chi connectivity index (χ3n) is 3.67. The van der Waals surface area contributed by atoms with Gasteiger partial charge in [-0.3, -0.25) is 19.8 Å². The van der Waals surface area contributed by atoms with Crippen molar-refractivity contribution >= 4 is 17.3 Å². The lowest BCUT2D eigenvalue weighted by molar-refractivity contribution is -0.383. The summed E-state index contributed by atoms with van der Waals surface area (Å²) in [5.41, 5.74) is 5.72. The second-order valence-corrected chi connectivity index (χ2v) is 5.16. The molecule has 2 rings (SSSR count). The molecule has 0 aromatic heterocycles. The van der Waals surface area contributed by atoms with Crippen molar-refractivity contribution < 1.29 is 9.72 Å². The molecule has 1 saturated heterocycles. The van der Waals surface area contributed by atoms with E-state index in [4.69, 9.17) is 5.73 Å². The lowest BCUT2D eigenvalue weighted by atomic mass is 10.1. The van der Waals surface area contributed by atoms with Gasteiger partial charge in [0.15, 0.2) is 0 Å². The number of nitrogen functional groups attached to an aromatic ring is 1. The number of piperazine rings is 1. The molecular formula is C14H20N4O3. The summed E-state index contributed by atoms with van der Waals surface area (Å²) in [6.45, 7) is 6.15. The number of hydrogen-bond acceptors (Lipinski definition) is 5. The van der Waals surface area contributed by atoms with Gasteiger partial charge in [-0.1, -0.05) is 6.92 Å². The predicted octanol–water partition coefficient (Wildman–Crippen LogP) is 1.34. The van der Waals surface area contributed by atoms with E-state index in [-0.39, 0.29) is 17.3 Å². The van der Waals surface area contributed by atoms with Crippen LogP contribution in [0.2, 0.25) is 0 Å². The Morgan fingerprint density at radius 2 is 2.00 bits per heavy atom. The van der Waals surface area contributed by atoms with Gasteiger partial charge in [-0.25, -0.2) is 0 Å². The Morgan fingerprint density at radius 3 is 2.57 bits per heavy atom. The van der Waals surface area contributed by atoms with E-state index in [9.17, 15) is 14.9 Å². The van der Waals surface area contributed by atoms with Crippen LogP contribution in [-0.4, -0.2) is 53.4 Å². The van der Waals surface area contributed by atoms with Gasteiger partial charge in [0.2, 0.25) is 0 Å². The molecule has 0 unspecified atom stereocenters. The topological polar surface area (TPSA) is 92.7 Å². The van der Waals surface area contributed by atoms with Gasteiger partial charge in [0.05, 0.1) is 4.92 Å². The first kappa shape index (κ1) is 15.2. The van der Waals surface area contributed by atoms with Crippen molar-refractivity contribution in [1.82, 2.24) is 9.80 Å². The molecule has 1 aliphatic heterocycles. The van der Waals surface area contributed by atoms with Crippen molar-refractivity contribution in [3.8, 4) is 0 Å². The van der Waals surface area contributed by atoms with Gasteiger partial charge in [0.25, 0.3) is 11.6 Å². The summed E-state index contributed by atoms with van der Waals surface area (Å²) < 4.78 is 0. The van der Waals surface area contributed by atoms with Crippen LogP contribution in [0.1, 0.15) is 23.7 Å². The van der Waals surface area contributed by atoms with Gasteiger partial charge >= 0.3 is 0 Å². The summed E-state index contributed by atoms with van der Waals surface area (Å²) in [6, 6.07) is 4.22. The van der Waals surface area contributed by atoms with Gasteiger partial charge in [-0.05, 0) is 25.1 Å². The zero-order valence-electron chi connectivity index (χ0n) is 12.1. The molecule has 1 aromatic rings. The Kier molecular flexibility index (Phi) is 4.74. The second kappa shape index (κ2) is 6.53. The van der Waals surface area contributed by atoms with Gasteiger partial charge in [-0.2, -0.15) is 0 Å². The number of nitro groups is 1. The zero-order valence-corrected chi connectivity index (χ0v) is 12.1. The molecule has 7 nitrogen and oxygen atoms in total. The Labute approximate surface area is 123 Å². The molecule has 0 aliphatic carbocycles. The van der Waals surface area contributed by atoms with Gasteiger partial charge in [0, 0.05) is 37.8 Å². The molecule has 0 atom stereocenters. The predicted molar refractivity (Wildman–Crippen MR) is 80.1 cm³/mol. The van der Waals surface area contributed by atoms with Crippen LogP contribution < -0.4 is 5.73 Å². The van der Waals surface area contributed by atoms with Crippen LogP contribution in [0, 0.1) is 10.1 Å². The molecule has 1 aliphatic rings. The normalized spacial score (nSPS) is 16.0. The van der Waals surface area contributed by atoms with E-state index in [1.165, 1.54) is 12.1 Å². The van der Waals surface area contributed by atoms with Crippen LogP contribution in [0.3, 0.4) is 0 Å². The molecule has 0 spiro atoms. The van der Waals surface area contributed by atoms with Crippen molar-refractivity contribution in [3.05, 3.63) is 33.9 Å². The Balaban J connectivity index is 2.07. The largest absolute Gasteiger partial charge is 0.393 e. The molecule has 1 aromatic carbocycles. The van der Waals surface area contributed by atoms with Crippen molar-refractivity contribution in [2.45, 2.75) is 13.3 Å². The smallest absolute Gasteiger partial charge is 0.292 e. The molecule has 21 heavy (non-hydrogen) atoms. The summed E-state index contributed by atoms with van der Waals surface area (Å²) in [5, 5.41) is 10.9. The highest BCUT2D eigenvalue weighted by molar-refractivity contribution is 5.95. The maximum Gasteiger partial charge on any atom is 0.292 e. The summed E-state index contributed by atoms with van der Waals surface area (Å²) >= 11 is 0. The highest BCUT2D eigenvalue weighted by Crippen LogP contribution is 2.23. The van der Waals surface area contributed by atoms with Crippen LogP contribution in [0.15, 0.2) is 18.2 Å². The lowest BCUT2D eigenvalue weighted by Gasteiger charge is -2.34. The number of rotatable bonds is 4. The fourth-order valence-corrected chi connectivity index (χ4v) is 2.51. The van der Waals surface area contributed by atoms with E-state index in [1.54, 1.807) is 11.0 Å². The first-order valence-corrected chi connectivity index (χ1v) is 7.08. The lowest BCUT2D eigenvalue weighted by Crippen LogP contribution is -2.48. The summed E-state index contributed by atoms with van der Waals surface area (Å²) in [6.07, 6.45) is 1.10. The van der Waals surface area contributed by atoms with E-state index in [1.807, 2.05) is 0 Å². The van der Waals surface area contributed by atoms with E-state index >= 15 is 0 Å². The maximum absolute atomic E-state index is 12.4. The first-order valence-electron chi connectivity index (χ1n) is 7.08. The average Bonchev–Trinajstić information content (AvgIpc) is 2.48. The van der Waals surface area contributed by atoms with Crippen LogP contribution in [0.25, 0.3) is 0 Å². The van der Waals surface area contributed by atoms with Gasteiger partial charge < -0.3 is 10.6 Å². The van der Waals surface area contributed by atoms with Crippen LogP contribution >= 0.6 is 0 Å². The van der Waals surface area contributed by atoms with Crippen molar-refractivity contribution in [2.24, 2.45) is 0 Å². The molecule has 0 saturated carbocycles. The minimum atomic E-state index is -0.564. The second-order valence-electron chi connectivity index (χ2n) is 5.16. The number of carbonyl (C=O) groups excluding carboxylic acids is 1. The third kappa shape index (κ3) is 3.49. The minimum absolute atomic E-state index is 0.0734. The van der Waals surface area contributed by atoms with Gasteiger partial charge in [0.1, 0.15) is 5.69 Å². The monoisotopic (exact) mass is 292 g/mol. The number of benzene rings is 1. The number of anilines is 1.